The molecule has 3 aliphatic carbocycles. The Morgan fingerprint density at radius 2 is 1.69 bits per heavy atom. The third-order valence-corrected chi connectivity index (χ3v) is 5.88. The summed E-state index contributed by atoms with van der Waals surface area (Å²) in [4.78, 5) is 24.5. The van der Waals surface area contributed by atoms with Crippen molar-refractivity contribution in [3.63, 3.8) is 0 Å². The van der Waals surface area contributed by atoms with Gasteiger partial charge in [0.1, 0.15) is 11.6 Å². The van der Waals surface area contributed by atoms with Crippen LogP contribution in [0.2, 0.25) is 0 Å². The van der Waals surface area contributed by atoms with E-state index < -0.39 is 0 Å². The lowest BCUT2D eigenvalue weighted by Crippen LogP contribution is -2.64. The summed E-state index contributed by atoms with van der Waals surface area (Å²) in [6, 6.07) is 0. The topological polar surface area (TPSA) is 34.1 Å². The molecule has 3 fully saturated rings. The van der Waals surface area contributed by atoms with Gasteiger partial charge in [-0.1, -0.05) is 20.8 Å². The zero-order valence-corrected chi connectivity index (χ0v) is 10.4. The van der Waals surface area contributed by atoms with Crippen LogP contribution in [0.4, 0.5) is 0 Å². The largest absolute Gasteiger partial charge is 0.299 e. The number of carbonyl (C=O) groups is 2. The maximum absolute atomic E-state index is 12.3. The first-order chi connectivity index (χ1) is 7.34. The van der Waals surface area contributed by atoms with Crippen molar-refractivity contribution >= 4 is 11.6 Å². The third-order valence-electron chi connectivity index (χ3n) is 5.88. The van der Waals surface area contributed by atoms with Crippen LogP contribution in [0.15, 0.2) is 0 Å². The van der Waals surface area contributed by atoms with Gasteiger partial charge in [0.05, 0.1) is 0 Å². The Balaban J connectivity index is 2.11. The Morgan fingerprint density at radius 3 is 2.31 bits per heavy atom. The molecule has 0 saturated heterocycles. The predicted molar refractivity (Wildman–Crippen MR) is 60.9 cm³/mol. The molecule has 0 aromatic carbocycles. The molecule has 16 heavy (non-hydrogen) atoms. The van der Waals surface area contributed by atoms with Gasteiger partial charge in [-0.15, -0.1) is 0 Å². The first-order valence-electron chi connectivity index (χ1n) is 6.41. The summed E-state index contributed by atoms with van der Waals surface area (Å²) < 4.78 is 0. The van der Waals surface area contributed by atoms with E-state index >= 15 is 0 Å². The molecule has 0 unspecified atom stereocenters. The molecule has 3 aliphatic rings. The lowest BCUT2D eigenvalue weighted by atomic mass is 9.39. The minimum atomic E-state index is -0.317. The van der Waals surface area contributed by atoms with E-state index in [1.807, 2.05) is 0 Å². The van der Waals surface area contributed by atoms with Crippen LogP contribution in [0.1, 0.15) is 52.9 Å². The molecule has 88 valence electrons. The van der Waals surface area contributed by atoms with Gasteiger partial charge < -0.3 is 0 Å². The molecule has 2 heteroatoms. The SMILES string of the molecule is CC1(C)C[C@]23C(=O)CCC(=O)[C@]2(C)CC[C@H]13. The second-order valence-electron chi connectivity index (χ2n) is 6.91. The molecule has 3 saturated carbocycles. The van der Waals surface area contributed by atoms with Crippen LogP contribution >= 0.6 is 0 Å². The molecule has 0 bridgehead atoms. The maximum Gasteiger partial charge on any atom is 0.140 e. The fraction of sp³-hybridized carbons (Fsp3) is 0.857. The first-order valence-corrected chi connectivity index (χ1v) is 6.41. The summed E-state index contributed by atoms with van der Waals surface area (Å²) in [6.07, 6.45) is 3.93. The van der Waals surface area contributed by atoms with Crippen molar-refractivity contribution in [2.45, 2.75) is 52.9 Å². The quantitative estimate of drug-likeness (QED) is 0.629. The van der Waals surface area contributed by atoms with Crippen LogP contribution in [0.3, 0.4) is 0 Å². The number of carbonyl (C=O) groups excluding carboxylic acids is 2. The van der Waals surface area contributed by atoms with Gasteiger partial charge in [-0.25, -0.2) is 0 Å². The van der Waals surface area contributed by atoms with Crippen molar-refractivity contribution in [1.82, 2.24) is 0 Å². The minimum absolute atomic E-state index is 0.258. The second kappa shape index (κ2) is 2.60. The normalized spacial score (nSPS) is 49.6. The van der Waals surface area contributed by atoms with E-state index in [-0.39, 0.29) is 16.2 Å². The Morgan fingerprint density at radius 1 is 1.06 bits per heavy atom. The van der Waals surface area contributed by atoms with Crippen molar-refractivity contribution in [2.24, 2.45) is 22.2 Å². The van der Waals surface area contributed by atoms with Crippen LogP contribution in [0.25, 0.3) is 0 Å². The number of hydrogen-bond acceptors (Lipinski definition) is 2. The zero-order valence-electron chi connectivity index (χ0n) is 10.4. The van der Waals surface area contributed by atoms with Gasteiger partial charge >= 0.3 is 0 Å². The molecule has 1 spiro atoms. The monoisotopic (exact) mass is 220 g/mol. The highest BCUT2D eigenvalue weighted by molar-refractivity contribution is 6.02. The molecule has 0 aromatic heterocycles. The number of rotatable bonds is 0. The fourth-order valence-corrected chi connectivity index (χ4v) is 5.09. The summed E-state index contributed by atoms with van der Waals surface area (Å²) in [7, 11) is 0. The van der Waals surface area contributed by atoms with Crippen LogP contribution in [-0.2, 0) is 9.59 Å². The summed E-state index contributed by atoms with van der Waals surface area (Å²) in [5.41, 5.74) is -0.306. The lowest BCUT2D eigenvalue weighted by Gasteiger charge is -2.62. The molecule has 2 nitrogen and oxygen atoms in total. The second-order valence-corrected chi connectivity index (χ2v) is 6.91. The standard InChI is InChI=1S/C14H20O2/c1-12(2)8-14-9(12)6-7-13(14,3)10(15)4-5-11(14)16/h9H,4-8H2,1-3H3/t9-,13+,14+/m1/s1. The summed E-state index contributed by atoms with van der Waals surface area (Å²) in [5.74, 6) is 1.20. The number of Topliss-reactive ketones (excluding diaryl/α,β-unsaturated/α-hetero) is 2. The molecule has 0 heterocycles. The van der Waals surface area contributed by atoms with Crippen LogP contribution in [0, 0.1) is 22.2 Å². The number of ketones is 2. The van der Waals surface area contributed by atoms with Crippen molar-refractivity contribution < 1.29 is 9.59 Å². The molecule has 3 rings (SSSR count). The van der Waals surface area contributed by atoms with E-state index in [0.717, 1.165) is 19.3 Å². The van der Waals surface area contributed by atoms with Crippen LogP contribution in [-0.4, -0.2) is 11.6 Å². The Kier molecular flexibility index (Phi) is 1.70. The molecule has 3 atom stereocenters. The predicted octanol–water partition coefficient (Wildman–Crippen LogP) is 2.75. The smallest absolute Gasteiger partial charge is 0.140 e. The average Bonchev–Trinajstić information content (AvgIpc) is 2.45. The van der Waals surface area contributed by atoms with Gasteiger partial charge in [0, 0.05) is 23.7 Å². The lowest BCUT2D eigenvalue weighted by molar-refractivity contribution is -0.183. The van der Waals surface area contributed by atoms with E-state index in [4.69, 9.17) is 0 Å². The third kappa shape index (κ3) is 0.834. The van der Waals surface area contributed by atoms with Gasteiger partial charge in [0.25, 0.3) is 0 Å². The first kappa shape index (κ1) is 10.5. The van der Waals surface area contributed by atoms with Crippen molar-refractivity contribution in [3.05, 3.63) is 0 Å². The summed E-state index contributed by atoms with van der Waals surface area (Å²) in [5, 5.41) is 0. The van der Waals surface area contributed by atoms with Gasteiger partial charge in [0.2, 0.25) is 0 Å². The Hall–Kier alpha value is -0.660. The van der Waals surface area contributed by atoms with Gasteiger partial charge in [-0.2, -0.15) is 0 Å². The average molecular weight is 220 g/mol. The van der Waals surface area contributed by atoms with Gasteiger partial charge in [0.15, 0.2) is 0 Å². The van der Waals surface area contributed by atoms with E-state index in [0.29, 0.717) is 30.3 Å². The fourth-order valence-electron chi connectivity index (χ4n) is 5.09. The van der Waals surface area contributed by atoms with Crippen LogP contribution in [0.5, 0.6) is 0 Å². The van der Waals surface area contributed by atoms with Crippen molar-refractivity contribution in [1.29, 1.82) is 0 Å². The van der Waals surface area contributed by atoms with Gasteiger partial charge in [-0.3, -0.25) is 9.59 Å². The highest BCUT2D eigenvalue weighted by atomic mass is 16.1. The van der Waals surface area contributed by atoms with Crippen molar-refractivity contribution in [3.8, 4) is 0 Å². The zero-order chi connectivity index (χ0) is 11.8. The minimum Gasteiger partial charge on any atom is -0.299 e. The molecular weight excluding hydrogens is 200 g/mol. The van der Waals surface area contributed by atoms with E-state index in [1.165, 1.54) is 0 Å². The van der Waals surface area contributed by atoms with E-state index in [9.17, 15) is 9.59 Å². The molecule has 0 aliphatic heterocycles. The summed E-state index contributed by atoms with van der Waals surface area (Å²) in [6.45, 7) is 6.56. The Labute approximate surface area is 96.8 Å². The van der Waals surface area contributed by atoms with E-state index in [2.05, 4.69) is 20.8 Å². The van der Waals surface area contributed by atoms with Crippen LogP contribution < -0.4 is 0 Å². The molecular formula is C14H20O2. The Bertz CT molecular complexity index is 396. The highest BCUT2D eigenvalue weighted by Crippen LogP contribution is 2.75. The van der Waals surface area contributed by atoms with Gasteiger partial charge in [-0.05, 0) is 30.6 Å². The highest BCUT2D eigenvalue weighted by Gasteiger charge is 2.75. The molecule has 0 radical (unpaired) electrons. The molecule has 0 N–H and O–H groups in total. The summed E-state index contributed by atoms with van der Waals surface area (Å²) >= 11 is 0. The maximum atomic E-state index is 12.3. The molecule has 0 amide bonds. The van der Waals surface area contributed by atoms with E-state index in [1.54, 1.807) is 0 Å². The molecule has 0 aromatic rings. The number of hydrogen-bond donors (Lipinski definition) is 0. The van der Waals surface area contributed by atoms with Crippen molar-refractivity contribution in [2.75, 3.05) is 0 Å².